The van der Waals surface area contributed by atoms with Crippen molar-refractivity contribution in [1.29, 1.82) is 0 Å². The fraction of sp³-hybridized carbons (Fsp3) is 0.241. The molecule has 208 valence electrons. The Labute approximate surface area is 244 Å². The summed E-state index contributed by atoms with van der Waals surface area (Å²) < 4.78 is 7.09. The highest BCUT2D eigenvalue weighted by Crippen LogP contribution is 2.47. The van der Waals surface area contributed by atoms with E-state index in [0.29, 0.717) is 11.4 Å². The lowest BCUT2D eigenvalue weighted by Crippen LogP contribution is -2.71. The Hall–Kier alpha value is -4.29. The minimum Gasteiger partial charge on any atom is -0.461 e. The first kappa shape index (κ1) is 26.9. The van der Waals surface area contributed by atoms with E-state index in [1.165, 1.54) is 30.0 Å². The van der Waals surface area contributed by atoms with Gasteiger partial charge in [-0.3, -0.25) is 14.4 Å². The second-order valence-corrected chi connectivity index (χ2v) is 11.7. The Morgan fingerprint density at radius 3 is 2.37 bits per heavy atom. The van der Waals surface area contributed by atoms with Crippen molar-refractivity contribution in [2.45, 2.75) is 36.8 Å². The molecule has 2 aliphatic heterocycles. The minimum absolute atomic E-state index is 0.0207. The van der Waals surface area contributed by atoms with Crippen molar-refractivity contribution in [2.24, 2.45) is 0 Å². The lowest BCUT2D eigenvalue weighted by Gasteiger charge is -2.52. The Balaban J connectivity index is 1.35. The van der Waals surface area contributed by atoms with Gasteiger partial charge in [0.15, 0.2) is 5.82 Å². The summed E-state index contributed by atoms with van der Waals surface area (Å²) in [7, 11) is 0. The van der Waals surface area contributed by atoms with Crippen LogP contribution in [0.2, 0.25) is 0 Å². The number of carbonyl (C=O) groups is 3. The van der Waals surface area contributed by atoms with Crippen LogP contribution in [0.1, 0.15) is 40.8 Å². The number of aromatic nitrogens is 4. The first-order valence-electron chi connectivity index (χ1n) is 13.0. The van der Waals surface area contributed by atoms with Crippen LogP contribution in [-0.4, -0.2) is 60.9 Å². The average molecular weight is 587 g/mol. The Kier molecular flexibility index (Phi) is 7.66. The van der Waals surface area contributed by atoms with Crippen LogP contribution in [0.4, 0.5) is 0 Å². The molecule has 2 aromatic carbocycles. The fourth-order valence-electron chi connectivity index (χ4n) is 5.13. The van der Waals surface area contributed by atoms with E-state index >= 15 is 0 Å². The van der Waals surface area contributed by atoms with Gasteiger partial charge in [-0.2, -0.15) is 0 Å². The monoisotopic (exact) mass is 586 g/mol. The lowest BCUT2D eigenvalue weighted by molar-refractivity contribution is -0.152. The van der Waals surface area contributed by atoms with Crippen LogP contribution >= 0.6 is 23.1 Å². The maximum Gasteiger partial charge on any atom is 0.302 e. The van der Waals surface area contributed by atoms with Gasteiger partial charge in [0.2, 0.25) is 11.8 Å². The van der Waals surface area contributed by atoms with Gasteiger partial charge in [-0.25, -0.2) is 4.68 Å². The molecule has 6 rings (SSSR count). The van der Waals surface area contributed by atoms with E-state index in [1.54, 1.807) is 9.58 Å². The molecule has 4 aromatic rings. The third-order valence-electron chi connectivity index (χ3n) is 6.98. The topological polar surface area (TPSA) is 119 Å². The van der Waals surface area contributed by atoms with Crippen molar-refractivity contribution in [3.05, 3.63) is 111 Å². The number of hydrogen-bond donors (Lipinski definition) is 1. The summed E-state index contributed by atoms with van der Waals surface area (Å²) in [4.78, 5) is 40.7. The van der Waals surface area contributed by atoms with Crippen LogP contribution in [0.25, 0.3) is 0 Å². The predicted molar refractivity (Wildman–Crippen MR) is 154 cm³/mol. The number of fused-ring (bicyclic) bond motifs is 1. The van der Waals surface area contributed by atoms with E-state index in [1.807, 2.05) is 83.6 Å². The van der Waals surface area contributed by atoms with Crippen molar-refractivity contribution in [3.63, 3.8) is 0 Å². The van der Waals surface area contributed by atoms with Crippen molar-refractivity contribution >= 4 is 40.9 Å². The quantitative estimate of drug-likeness (QED) is 0.234. The van der Waals surface area contributed by atoms with E-state index in [-0.39, 0.29) is 36.3 Å². The van der Waals surface area contributed by atoms with Gasteiger partial charge in [0.05, 0.1) is 6.42 Å². The Morgan fingerprint density at radius 1 is 1.02 bits per heavy atom. The van der Waals surface area contributed by atoms with Crippen LogP contribution in [0.3, 0.4) is 0 Å². The van der Waals surface area contributed by atoms with Crippen LogP contribution in [0.15, 0.2) is 89.2 Å². The number of hydrogen-bond acceptors (Lipinski definition) is 9. The van der Waals surface area contributed by atoms with E-state index in [9.17, 15) is 14.4 Å². The number of rotatable bonds is 9. The lowest BCUT2D eigenvalue weighted by atomic mass is 9.95. The molecule has 3 atom stereocenters. The zero-order valence-electron chi connectivity index (χ0n) is 22.0. The number of tetrazole rings is 1. The molecule has 0 unspecified atom stereocenters. The maximum absolute atomic E-state index is 13.6. The molecule has 0 bridgehead atoms. The number of ether oxygens (including phenoxy) is 1. The number of thiophene rings is 1. The highest BCUT2D eigenvalue weighted by molar-refractivity contribution is 8.02. The van der Waals surface area contributed by atoms with Gasteiger partial charge in [-0.05, 0) is 38.4 Å². The highest BCUT2D eigenvalue weighted by Gasteiger charge is 2.55. The molecule has 0 aliphatic carbocycles. The van der Waals surface area contributed by atoms with Gasteiger partial charge in [-0.1, -0.05) is 66.7 Å². The Morgan fingerprint density at radius 2 is 1.73 bits per heavy atom. The molecule has 0 saturated carbocycles. The average Bonchev–Trinajstić information content (AvgIpc) is 3.68. The van der Waals surface area contributed by atoms with Gasteiger partial charge >= 0.3 is 5.97 Å². The van der Waals surface area contributed by atoms with Gasteiger partial charge in [0.25, 0.3) is 0 Å². The molecule has 1 saturated heterocycles. The third kappa shape index (κ3) is 5.40. The van der Waals surface area contributed by atoms with Gasteiger partial charge in [0.1, 0.15) is 30.1 Å². The minimum atomic E-state index is -0.691. The van der Waals surface area contributed by atoms with Crippen LogP contribution in [0.5, 0.6) is 0 Å². The summed E-state index contributed by atoms with van der Waals surface area (Å²) in [5.74, 6) is -0.457. The van der Waals surface area contributed by atoms with Crippen molar-refractivity contribution < 1.29 is 19.1 Å². The van der Waals surface area contributed by atoms with Crippen LogP contribution in [0, 0.1) is 0 Å². The number of amides is 2. The Bertz CT molecular complexity index is 1540. The van der Waals surface area contributed by atoms with Crippen LogP contribution < -0.4 is 5.32 Å². The zero-order valence-corrected chi connectivity index (χ0v) is 23.6. The molecule has 0 spiro atoms. The van der Waals surface area contributed by atoms with Gasteiger partial charge in [-0.15, -0.1) is 28.2 Å². The van der Waals surface area contributed by atoms with Crippen LogP contribution in [-0.2, 0) is 25.5 Å². The van der Waals surface area contributed by atoms with E-state index in [0.717, 1.165) is 16.0 Å². The molecular weight excluding hydrogens is 560 g/mol. The molecule has 0 radical (unpaired) electrons. The number of nitrogens with one attached hydrogen (secondary N) is 1. The summed E-state index contributed by atoms with van der Waals surface area (Å²) in [5, 5.41) is 19.2. The number of β-lactam (4-membered cyclic amide) rings is 1. The zero-order chi connectivity index (χ0) is 28.3. The summed E-state index contributed by atoms with van der Waals surface area (Å²) in [6.45, 7) is 1.32. The third-order valence-corrected chi connectivity index (χ3v) is 9.07. The molecular formula is C29H26N6O4S2. The van der Waals surface area contributed by atoms with E-state index < -0.39 is 18.1 Å². The predicted octanol–water partition coefficient (Wildman–Crippen LogP) is 3.50. The standard InChI is InChI=1S/C29H26N6O4S2/c1-18(36)39-16-21-17-41-29-24(30-23(37)15-22-13-8-14-40-22)28(38)34(29)26(21)27-31-32-33-35(27)25(19-9-4-2-5-10-19)20-11-6-3-7-12-20/h2-14,17,24-26,29H,15-16H2,1H3,(H,30,37)/t24-,26-,29-/m1/s1. The molecule has 1 fully saturated rings. The number of carbonyl (C=O) groups excluding carboxylic acids is 3. The molecule has 2 aromatic heterocycles. The van der Waals surface area contributed by atoms with Crippen molar-refractivity contribution in [3.8, 4) is 0 Å². The number of benzene rings is 2. The highest BCUT2D eigenvalue weighted by atomic mass is 32.2. The number of thioether (sulfide) groups is 1. The first-order chi connectivity index (χ1) is 20.0. The van der Waals surface area contributed by atoms with E-state index in [2.05, 4.69) is 20.8 Å². The van der Waals surface area contributed by atoms with E-state index in [4.69, 9.17) is 4.74 Å². The molecule has 2 amide bonds. The smallest absolute Gasteiger partial charge is 0.302 e. The molecule has 12 heteroatoms. The second-order valence-electron chi connectivity index (χ2n) is 9.65. The molecule has 41 heavy (non-hydrogen) atoms. The normalized spacial score (nSPS) is 19.8. The van der Waals surface area contributed by atoms with Crippen molar-refractivity contribution in [1.82, 2.24) is 30.4 Å². The molecule has 2 aliphatic rings. The van der Waals surface area contributed by atoms with Gasteiger partial charge < -0.3 is 15.0 Å². The fourth-order valence-corrected chi connectivity index (χ4v) is 7.04. The van der Waals surface area contributed by atoms with Crippen molar-refractivity contribution in [2.75, 3.05) is 6.61 Å². The second kappa shape index (κ2) is 11.7. The SMILES string of the molecule is CC(=O)OCC1=CS[C@@H]2[C@H](NC(=O)Cc3cccs3)C(=O)N2[C@H]1c1nnnn1C(c1ccccc1)c1ccccc1. The van der Waals surface area contributed by atoms with Gasteiger partial charge in [0, 0.05) is 17.4 Å². The summed E-state index contributed by atoms with van der Waals surface area (Å²) in [6.07, 6.45) is 0.212. The number of esters is 1. The molecule has 10 nitrogen and oxygen atoms in total. The summed E-state index contributed by atoms with van der Waals surface area (Å²) >= 11 is 2.90. The number of nitrogens with zero attached hydrogens (tertiary/aromatic N) is 5. The summed E-state index contributed by atoms with van der Waals surface area (Å²) in [5.41, 5.74) is 2.61. The molecule has 1 N–H and O–H groups in total. The summed E-state index contributed by atoms with van der Waals surface area (Å²) in [6, 6.07) is 21.8. The maximum atomic E-state index is 13.6. The molecule has 4 heterocycles. The first-order valence-corrected chi connectivity index (χ1v) is 14.8. The largest absolute Gasteiger partial charge is 0.461 e.